The number of Topliss-reactive ketones (excluding diaryl/α,β-unsaturated/α-hetero) is 1. The van der Waals surface area contributed by atoms with Gasteiger partial charge in [-0.2, -0.15) is 0 Å². The molecule has 21 heavy (non-hydrogen) atoms. The Kier molecular flexibility index (Phi) is 4.56. The molecule has 0 radical (unpaired) electrons. The standard InChI is InChI=1S/C15H18F3NO2/c1-2-14(8-3-9-19-14)13(20)10-11-4-6-12(7-5-11)21-15(16,17)18/h4-7,19H,2-3,8-10H2,1H3. The largest absolute Gasteiger partial charge is 0.573 e. The van der Waals surface area contributed by atoms with E-state index >= 15 is 0 Å². The molecule has 0 aliphatic carbocycles. The second-order valence-corrected chi connectivity index (χ2v) is 5.26. The molecule has 1 atom stereocenters. The van der Waals surface area contributed by atoms with Crippen LogP contribution in [0.15, 0.2) is 24.3 Å². The summed E-state index contributed by atoms with van der Waals surface area (Å²) >= 11 is 0. The van der Waals surface area contributed by atoms with Gasteiger partial charge in [0.05, 0.1) is 5.54 Å². The van der Waals surface area contributed by atoms with E-state index in [0.29, 0.717) is 5.56 Å². The first-order valence-corrected chi connectivity index (χ1v) is 6.98. The number of ether oxygens (including phenoxy) is 1. The predicted molar refractivity (Wildman–Crippen MR) is 72.1 cm³/mol. The molecule has 1 aromatic rings. The van der Waals surface area contributed by atoms with Crippen molar-refractivity contribution in [3.05, 3.63) is 29.8 Å². The fourth-order valence-electron chi connectivity index (χ4n) is 2.71. The van der Waals surface area contributed by atoms with E-state index in [1.54, 1.807) is 0 Å². The van der Waals surface area contributed by atoms with Crippen molar-refractivity contribution in [1.29, 1.82) is 0 Å². The Morgan fingerprint density at radius 2 is 2.00 bits per heavy atom. The van der Waals surface area contributed by atoms with Gasteiger partial charge in [-0.3, -0.25) is 4.79 Å². The van der Waals surface area contributed by atoms with Crippen molar-refractivity contribution in [3.8, 4) is 5.75 Å². The number of carbonyl (C=O) groups is 1. The Bertz CT molecular complexity index is 491. The van der Waals surface area contributed by atoms with E-state index in [2.05, 4.69) is 10.1 Å². The summed E-state index contributed by atoms with van der Waals surface area (Å²) in [5.41, 5.74) is 0.220. The Morgan fingerprint density at radius 3 is 2.48 bits per heavy atom. The van der Waals surface area contributed by atoms with E-state index in [1.807, 2.05) is 6.92 Å². The second-order valence-electron chi connectivity index (χ2n) is 5.26. The SMILES string of the molecule is CCC1(C(=O)Cc2ccc(OC(F)(F)F)cc2)CCCN1. The van der Waals surface area contributed by atoms with E-state index in [0.717, 1.165) is 25.8 Å². The first-order chi connectivity index (χ1) is 9.85. The fraction of sp³-hybridized carbons (Fsp3) is 0.533. The van der Waals surface area contributed by atoms with Crippen LogP contribution >= 0.6 is 0 Å². The van der Waals surface area contributed by atoms with Crippen molar-refractivity contribution in [2.24, 2.45) is 0 Å². The van der Waals surface area contributed by atoms with Gasteiger partial charge in [0.15, 0.2) is 5.78 Å². The molecule has 1 N–H and O–H groups in total. The highest BCUT2D eigenvalue weighted by Gasteiger charge is 2.38. The van der Waals surface area contributed by atoms with Gasteiger partial charge in [-0.1, -0.05) is 19.1 Å². The summed E-state index contributed by atoms with van der Waals surface area (Å²) in [5.74, 6) is -0.185. The van der Waals surface area contributed by atoms with Gasteiger partial charge in [0.1, 0.15) is 5.75 Å². The lowest BCUT2D eigenvalue weighted by atomic mass is 9.86. The van der Waals surface area contributed by atoms with Crippen molar-refractivity contribution in [3.63, 3.8) is 0 Å². The Labute approximate surface area is 121 Å². The molecule has 1 aliphatic heterocycles. The van der Waals surface area contributed by atoms with Crippen LogP contribution in [-0.2, 0) is 11.2 Å². The van der Waals surface area contributed by atoms with Crippen LogP contribution in [0, 0.1) is 0 Å². The fourth-order valence-corrected chi connectivity index (χ4v) is 2.71. The van der Waals surface area contributed by atoms with Crippen molar-refractivity contribution in [2.75, 3.05) is 6.54 Å². The van der Waals surface area contributed by atoms with Crippen LogP contribution in [0.1, 0.15) is 31.7 Å². The molecule has 0 bridgehead atoms. The zero-order valence-corrected chi connectivity index (χ0v) is 11.8. The summed E-state index contributed by atoms with van der Waals surface area (Å²) in [7, 11) is 0. The number of benzene rings is 1. The van der Waals surface area contributed by atoms with Gasteiger partial charge in [0.25, 0.3) is 0 Å². The highest BCUT2D eigenvalue weighted by Crippen LogP contribution is 2.27. The zero-order valence-electron chi connectivity index (χ0n) is 11.8. The number of rotatable bonds is 5. The Hall–Kier alpha value is -1.56. The summed E-state index contributed by atoms with van der Waals surface area (Å²) in [6.45, 7) is 2.80. The highest BCUT2D eigenvalue weighted by molar-refractivity contribution is 5.90. The molecular formula is C15H18F3NO2. The van der Waals surface area contributed by atoms with Gasteiger partial charge in [-0.25, -0.2) is 0 Å². The van der Waals surface area contributed by atoms with Crippen molar-refractivity contribution in [1.82, 2.24) is 5.32 Å². The lowest BCUT2D eigenvalue weighted by molar-refractivity contribution is -0.274. The van der Waals surface area contributed by atoms with E-state index < -0.39 is 11.9 Å². The highest BCUT2D eigenvalue weighted by atomic mass is 19.4. The van der Waals surface area contributed by atoms with Crippen molar-refractivity contribution < 1.29 is 22.7 Å². The van der Waals surface area contributed by atoms with E-state index in [4.69, 9.17) is 0 Å². The van der Waals surface area contributed by atoms with Crippen molar-refractivity contribution in [2.45, 2.75) is 44.5 Å². The molecule has 2 rings (SSSR count). The van der Waals surface area contributed by atoms with Crippen LogP contribution in [0.5, 0.6) is 5.75 Å². The van der Waals surface area contributed by atoms with Crippen LogP contribution < -0.4 is 10.1 Å². The molecule has 1 heterocycles. The average Bonchev–Trinajstić information content (AvgIpc) is 2.89. The third-order valence-electron chi connectivity index (χ3n) is 3.90. The summed E-state index contributed by atoms with van der Waals surface area (Å²) in [6, 6.07) is 5.46. The van der Waals surface area contributed by atoms with Crippen molar-refractivity contribution >= 4 is 5.78 Å². The minimum atomic E-state index is -4.70. The monoisotopic (exact) mass is 301 g/mol. The van der Waals surface area contributed by atoms with Gasteiger partial charge in [0.2, 0.25) is 0 Å². The average molecular weight is 301 g/mol. The maximum absolute atomic E-state index is 12.4. The van der Waals surface area contributed by atoms with Gasteiger partial charge in [-0.15, -0.1) is 13.2 Å². The predicted octanol–water partition coefficient (Wildman–Crippen LogP) is 3.23. The van der Waals surface area contributed by atoms with Crippen LogP contribution in [0.25, 0.3) is 0 Å². The van der Waals surface area contributed by atoms with Crippen LogP contribution in [0.2, 0.25) is 0 Å². The van der Waals surface area contributed by atoms with E-state index in [9.17, 15) is 18.0 Å². The van der Waals surface area contributed by atoms with Crippen LogP contribution in [-0.4, -0.2) is 24.2 Å². The molecule has 0 saturated carbocycles. The number of halogens is 3. The van der Waals surface area contributed by atoms with Gasteiger partial charge >= 0.3 is 6.36 Å². The van der Waals surface area contributed by atoms with Gasteiger partial charge in [0, 0.05) is 6.42 Å². The first kappa shape index (κ1) is 15.8. The summed E-state index contributed by atoms with van der Waals surface area (Å²) < 4.78 is 40.0. The number of hydrogen-bond acceptors (Lipinski definition) is 3. The van der Waals surface area contributed by atoms with E-state index in [-0.39, 0.29) is 18.0 Å². The van der Waals surface area contributed by atoms with Crippen LogP contribution in [0.3, 0.4) is 0 Å². The molecule has 1 saturated heterocycles. The quantitative estimate of drug-likeness (QED) is 0.907. The summed E-state index contributed by atoms with van der Waals surface area (Å²) in [6.07, 6.45) is -1.97. The van der Waals surface area contributed by atoms with Gasteiger partial charge in [-0.05, 0) is 43.5 Å². The molecule has 0 spiro atoms. The maximum Gasteiger partial charge on any atom is 0.573 e. The lowest BCUT2D eigenvalue weighted by Gasteiger charge is -2.26. The normalized spacial score (nSPS) is 22.3. The van der Waals surface area contributed by atoms with Crippen LogP contribution in [0.4, 0.5) is 13.2 Å². The lowest BCUT2D eigenvalue weighted by Crippen LogP contribution is -2.47. The topological polar surface area (TPSA) is 38.3 Å². The zero-order chi connectivity index (χ0) is 15.5. The molecular weight excluding hydrogens is 283 g/mol. The smallest absolute Gasteiger partial charge is 0.406 e. The molecule has 116 valence electrons. The number of carbonyl (C=O) groups excluding carboxylic acids is 1. The summed E-state index contributed by atoms with van der Waals surface area (Å²) in [4.78, 5) is 12.4. The Balaban J connectivity index is 2.01. The van der Waals surface area contributed by atoms with E-state index in [1.165, 1.54) is 24.3 Å². The third-order valence-corrected chi connectivity index (χ3v) is 3.90. The minimum absolute atomic E-state index is 0.0898. The molecule has 1 unspecified atom stereocenters. The molecule has 1 fully saturated rings. The molecule has 0 amide bonds. The minimum Gasteiger partial charge on any atom is -0.406 e. The molecule has 1 aliphatic rings. The first-order valence-electron chi connectivity index (χ1n) is 6.98. The molecule has 6 heteroatoms. The number of alkyl halides is 3. The molecule has 3 nitrogen and oxygen atoms in total. The second kappa shape index (κ2) is 6.05. The summed E-state index contributed by atoms with van der Waals surface area (Å²) in [5, 5.41) is 3.26. The third kappa shape index (κ3) is 3.97. The maximum atomic E-state index is 12.4. The number of nitrogens with one attached hydrogen (secondary N) is 1. The van der Waals surface area contributed by atoms with Gasteiger partial charge < -0.3 is 10.1 Å². The molecule has 1 aromatic carbocycles. The number of ketones is 1. The Morgan fingerprint density at radius 1 is 1.33 bits per heavy atom. The number of hydrogen-bond donors (Lipinski definition) is 1. The molecule has 0 aromatic heterocycles.